The van der Waals surface area contributed by atoms with Crippen LogP contribution in [0.15, 0.2) is 36.5 Å². The monoisotopic (exact) mass is 365 g/mol. The van der Waals surface area contributed by atoms with E-state index in [0.717, 1.165) is 4.90 Å². The molecule has 4 atom stereocenters. The molecule has 2 aliphatic rings. The smallest absolute Gasteiger partial charge is 0.234 e. The lowest BCUT2D eigenvalue weighted by atomic mass is 9.85. The van der Waals surface area contributed by atoms with Gasteiger partial charge in [0.15, 0.2) is 5.78 Å². The fourth-order valence-corrected chi connectivity index (χ4v) is 3.94. The van der Waals surface area contributed by atoms with Crippen molar-refractivity contribution in [3.05, 3.63) is 42.2 Å². The topological polar surface area (TPSA) is 91.1 Å². The van der Waals surface area contributed by atoms with E-state index in [1.54, 1.807) is 18.2 Å². The van der Waals surface area contributed by atoms with Crippen LogP contribution >= 0.6 is 0 Å². The Morgan fingerprint density at radius 2 is 1.85 bits per heavy atom. The van der Waals surface area contributed by atoms with Crippen LogP contribution in [0.25, 0.3) is 0 Å². The fourth-order valence-electron chi connectivity index (χ4n) is 3.94. The third kappa shape index (κ3) is 3.55. The van der Waals surface area contributed by atoms with E-state index in [0.29, 0.717) is 25.0 Å². The zero-order valence-electron chi connectivity index (χ0n) is 15.5. The van der Waals surface area contributed by atoms with Crippen LogP contribution in [0.2, 0.25) is 0 Å². The molecule has 1 aliphatic heterocycles. The Morgan fingerprint density at radius 3 is 2.33 bits per heavy atom. The van der Waals surface area contributed by atoms with Gasteiger partial charge in [-0.05, 0) is 37.3 Å². The minimum atomic E-state index is -1.10. The predicted molar refractivity (Wildman–Crippen MR) is 98.0 cm³/mol. The molecule has 6 heteroatoms. The summed E-state index contributed by atoms with van der Waals surface area (Å²) in [6, 6.07) is 6.13. The third-order valence-corrected chi connectivity index (χ3v) is 5.27. The second kappa shape index (κ2) is 7.83. The highest BCUT2D eigenvalue weighted by atomic mass is 16.2. The molecule has 2 amide bonds. The van der Waals surface area contributed by atoms with Crippen molar-refractivity contribution in [2.24, 2.45) is 17.8 Å². The minimum Gasteiger partial charge on any atom is -0.295 e. The quantitative estimate of drug-likeness (QED) is 0.571. The summed E-state index contributed by atoms with van der Waals surface area (Å²) in [5.41, 5.74) is 0.344. The normalized spacial score (nSPS) is 23.9. The number of nitrogens with zero attached hydrogens (tertiary/aromatic N) is 3. The van der Waals surface area contributed by atoms with Crippen molar-refractivity contribution < 1.29 is 14.4 Å². The number of fused-ring (bicyclic) bond motifs is 1. The molecule has 27 heavy (non-hydrogen) atoms. The van der Waals surface area contributed by atoms with E-state index in [-0.39, 0.29) is 29.6 Å². The summed E-state index contributed by atoms with van der Waals surface area (Å²) in [5.74, 6) is -2.80. The van der Waals surface area contributed by atoms with Gasteiger partial charge in [-0.1, -0.05) is 32.1 Å². The summed E-state index contributed by atoms with van der Waals surface area (Å²) in [4.78, 5) is 44.4. The van der Waals surface area contributed by atoms with Crippen LogP contribution in [0.3, 0.4) is 0 Å². The molecule has 0 bridgehead atoms. The van der Waals surface area contributed by atoms with Crippen molar-refractivity contribution in [3.63, 3.8) is 0 Å². The number of carbonyl (C=O) groups excluding carboxylic acids is 3. The van der Waals surface area contributed by atoms with Gasteiger partial charge < -0.3 is 0 Å². The molecular formula is C21H23N3O3. The largest absolute Gasteiger partial charge is 0.295 e. The second-order valence-electron chi connectivity index (χ2n) is 7.57. The van der Waals surface area contributed by atoms with Crippen molar-refractivity contribution in [1.29, 1.82) is 5.26 Å². The van der Waals surface area contributed by atoms with Crippen molar-refractivity contribution in [2.75, 3.05) is 0 Å². The number of pyridine rings is 1. The first-order valence-corrected chi connectivity index (χ1v) is 9.31. The van der Waals surface area contributed by atoms with Crippen LogP contribution in [-0.4, -0.2) is 33.5 Å². The van der Waals surface area contributed by atoms with Gasteiger partial charge >= 0.3 is 0 Å². The molecule has 1 aromatic heterocycles. The van der Waals surface area contributed by atoms with Gasteiger partial charge in [-0.15, -0.1) is 0 Å². The van der Waals surface area contributed by atoms with E-state index in [1.807, 2.05) is 32.1 Å². The molecule has 2 heterocycles. The first-order valence-electron chi connectivity index (χ1n) is 9.31. The average molecular weight is 365 g/mol. The maximum absolute atomic E-state index is 13.3. The number of nitriles is 1. The van der Waals surface area contributed by atoms with Gasteiger partial charge in [-0.3, -0.25) is 24.3 Å². The number of hydrogen-bond donors (Lipinski definition) is 0. The van der Waals surface area contributed by atoms with Crippen LogP contribution in [0.1, 0.15) is 44.7 Å². The van der Waals surface area contributed by atoms with Crippen LogP contribution in [0, 0.1) is 29.1 Å². The molecular weight excluding hydrogens is 342 g/mol. The van der Waals surface area contributed by atoms with Gasteiger partial charge in [0.05, 0.1) is 23.6 Å². The Hall–Kier alpha value is -2.81. The number of imide groups is 1. The molecule has 0 radical (unpaired) electrons. The predicted octanol–water partition coefficient (Wildman–Crippen LogP) is 2.62. The number of rotatable bonds is 6. The molecule has 0 N–H and O–H groups in total. The summed E-state index contributed by atoms with van der Waals surface area (Å²) in [6.07, 6.45) is 6.75. The SMILES string of the molecule is CC(C)C[C@H](C(=O)[C@H](C#N)c1ccccn1)N1C(=O)[C@@H]2CC=CC[C@H]2C1=O. The molecule has 1 aliphatic carbocycles. The first-order chi connectivity index (χ1) is 13.0. The highest BCUT2D eigenvalue weighted by Gasteiger charge is 2.52. The number of aromatic nitrogens is 1. The van der Waals surface area contributed by atoms with E-state index in [4.69, 9.17) is 0 Å². The molecule has 0 saturated carbocycles. The lowest BCUT2D eigenvalue weighted by Gasteiger charge is -2.28. The summed E-state index contributed by atoms with van der Waals surface area (Å²) < 4.78 is 0. The molecule has 140 valence electrons. The lowest BCUT2D eigenvalue weighted by molar-refractivity contribution is -0.148. The molecule has 1 fully saturated rings. The summed E-state index contributed by atoms with van der Waals surface area (Å²) in [5, 5.41) is 9.60. The van der Waals surface area contributed by atoms with Gasteiger partial charge in [0.25, 0.3) is 0 Å². The molecule has 0 unspecified atom stereocenters. The number of ketones is 1. The molecule has 3 rings (SSSR count). The Bertz CT molecular complexity index is 784. The van der Waals surface area contributed by atoms with E-state index >= 15 is 0 Å². The Labute approximate surface area is 158 Å². The van der Waals surface area contributed by atoms with E-state index in [1.165, 1.54) is 6.20 Å². The number of carbonyl (C=O) groups is 3. The highest BCUT2D eigenvalue weighted by Crippen LogP contribution is 2.38. The Morgan fingerprint density at radius 1 is 1.22 bits per heavy atom. The third-order valence-electron chi connectivity index (χ3n) is 5.27. The van der Waals surface area contributed by atoms with E-state index < -0.39 is 17.7 Å². The number of hydrogen-bond acceptors (Lipinski definition) is 5. The fraction of sp³-hybridized carbons (Fsp3) is 0.476. The average Bonchev–Trinajstić information content (AvgIpc) is 2.92. The minimum absolute atomic E-state index is 0.0865. The van der Waals surface area contributed by atoms with Crippen LogP contribution in [0.4, 0.5) is 0 Å². The van der Waals surface area contributed by atoms with Crippen molar-refractivity contribution >= 4 is 17.6 Å². The molecule has 0 aromatic carbocycles. The standard InChI is InChI=1S/C21H23N3O3/c1-13(2)11-18(19(25)16(12-22)17-9-5-6-10-23-17)24-20(26)14-7-3-4-8-15(14)21(24)27/h3-6,9-10,13-16,18H,7-8,11H2,1-2H3/t14-,15-,16-,18-/m1/s1. The van der Waals surface area contributed by atoms with E-state index in [2.05, 4.69) is 4.98 Å². The maximum Gasteiger partial charge on any atom is 0.234 e. The highest BCUT2D eigenvalue weighted by molar-refractivity contribution is 6.09. The Kier molecular flexibility index (Phi) is 5.50. The zero-order chi connectivity index (χ0) is 19.6. The van der Waals surface area contributed by atoms with Gasteiger partial charge in [-0.2, -0.15) is 5.26 Å². The van der Waals surface area contributed by atoms with Crippen molar-refractivity contribution in [1.82, 2.24) is 9.88 Å². The number of likely N-dealkylation sites (tertiary alicyclic amines) is 1. The van der Waals surface area contributed by atoms with Crippen molar-refractivity contribution in [3.8, 4) is 6.07 Å². The Balaban J connectivity index is 1.94. The molecule has 1 aromatic rings. The molecule has 1 saturated heterocycles. The second-order valence-corrected chi connectivity index (χ2v) is 7.57. The van der Waals surface area contributed by atoms with Gasteiger partial charge in [0.1, 0.15) is 12.0 Å². The van der Waals surface area contributed by atoms with Crippen molar-refractivity contribution in [2.45, 2.75) is 45.1 Å². The van der Waals surface area contributed by atoms with Gasteiger partial charge in [0, 0.05) is 6.20 Å². The molecule has 6 nitrogen and oxygen atoms in total. The lowest BCUT2D eigenvalue weighted by Crippen LogP contribution is -2.47. The molecule has 0 spiro atoms. The summed E-state index contributed by atoms with van der Waals surface area (Å²) in [6.45, 7) is 3.87. The maximum atomic E-state index is 13.3. The summed E-state index contributed by atoms with van der Waals surface area (Å²) >= 11 is 0. The van der Waals surface area contributed by atoms with E-state index in [9.17, 15) is 19.6 Å². The van der Waals surface area contributed by atoms with Gasteiger partial charge in [-0.25, -0.2) is 0 Å². The number of amides is 2. The van der Waals surface area contributed by atoms with Crippen LogP contribution in [0.5, 0.6) is 0 Å². The zero-order valence-corrected chi connectivity index (χ0v) is 15.5. The van der Waals surface area contributed by atoms with Gasteiger partial charge in [0.2, 0.25) is 11.8 Å². The first kappa shape index (κ1) is 19.0. The number of allylic oxidation sites excluding steroid dienone is 2. The summed E-state index contributed by atoms with van der Waals surface area (Å²) in [7, 11) is 0. The number of Topliss-reactive ketones (excluding diaryl/α,β-unsaturated/α-hetero) is 1. The van der Waals surface area contributed by atoms with Crippen LogP contribution < -0.4 is 0 Å². The van der Waals surface area contributed by atoms with Crippen LogP contribution in [-0.2, 0) is 14.4 Å².